The Kier molecular flexibility index (Phi) is 3.57. The van der Waals surface area contributed by atoms with E-state index in [9.17, 15) is 0 Å². The van der Waals surface area contributed by atoms with Gasteiger partial charge in [0.05, 0.1) is 0 Å². The molecular weight excluding hydrogens is 146 g/mol. The Balaban J connectivity index is 2.52. The van der Waals surface area contributed by atoms with Crippen molar-refractivity contribution < 1.29 is 0 Å². The molecule has 1 fully saturated rings. The molecule has 0 amide bonds. The maximum atomic E-state index is 3.58. The lowest BCUT2D eigenvalue weighted by Gasteiger charge is -2.35. The Labute approximate surface area is 76.9 Å². The second-order valence-electron chi connectivity index (χ2n) is 4.20. The molecule has 0 bridgehead atoms. The third-order valence-corrected chi connectivity index (χ3v) is 3.73. The molecule has 72 valence electrons. The van der Waals surface area contributed by atoms with Gasteiger partial charge in [-0.15, -0.1) is 0 Å². The topological polar surface area (TPSA) is 12.0 Å². The number of hydrogen-bond acceptors (Lipinski definition) is 1. The van der Waals surface area contributed by atoms with E-state index in [0.29, 0.717) is 5.41 Å². The first-order valence-electron chi connectivity index (χ1n) is 5.48. The largest absolute Gasteiger partial charge is 0.314 e. The summed E-state index contributed by atoms with van der Waals surface area (Å²) in [6.45, 7) is 8.02. The van der Waals surface area contributed by atoms with Gasteiger partial charge in [-0.2, -0.15) is 0 Å². The molecule has 0 aromatic rings. The van der Waals surface area contributed by atoms with Crippen LogP contribution >= 0.6 is 0 Å². The first-order valence-corrected chi connectivity index (χ1v) is 5.48. The van der Waals surface area contributed by atoms with Gasteiger partial charge in [0.15, 0.2) is 0 Å². The lowest BCUT2D eigenvalue weighted by molar-refractivity contribution is 0.201. The van der Waals surface area contributed by atoms with E-state index in [4.69, 9.17) is 0 Å². The second-order valence-corrected chi connectivity index (χ2v) is 4.20. The van der Waals surface area contributed by atoms with Gasteiger partial charge in [0.2, 0.25) is 0 Å². The molecule has 0 aromatic carbocycles. The van der Waals surface area contributed by atoms with Gasteiger partial charge in [0, 0.05) is 6.04 Å². The zero-order valence-electron chi connectivity index (χ0n) is 8.82. The summed E-state index contributed by atoms with van der Waals surface area (Å²) in [6.07, 6.45) is 7.13. The zero-order chi connectivity index (χ0) is 9.03. The molecule has 1 N–H and O–H groups in total. The van der Waals surface area contributed by atoms with Gasteiger partial charge in [0.1, 0.15) is 0 Å². The summed E-state index contributed by atoms with van der Waals surface area (Å²) < 4.78 is 0. The van der Waals surface area contributed by atoms with Gasteiger partial charge in [-0.25, -0.2) is 0 Å². The normalized spacial score (nSPS) is 24.2. The minimum Gasteiger partial charge on any atom is -0.314 e. The Hall–Kier alpha value is -0.0400. The van der Waals surface area contributed by atoms with Gasteiger partial charge in [-0.05, 0) is 38.1 Å². The predicted octanol–water partition coefficient (Wildman–Crippen LogP) is 2.95. The molecule has 1 rings (SSSR count). The standard InChI is InChI=1S/C11H23N/c1-4-11(8-6-7-9-11)10(3)12-5-2/h10,12H,4-9H2,1-3H3. The van der Waals surface area contributed by atoms with E-state index >= 15 is 0 Å². The van der Waals surface area contributed by atoms with Gasteiger partial charge in [-0.3, -0.25) is 0 Å². The molecule has 0 heterocycles. The predicted molar refractivity (Wildman–Crippen MR) is 54.3 cm³/mol. The maximum absolute atomic E-state index is 3.58. The molecule has 0 spiro atoms. The summed E-state index contributed by atoms with van der Waals surface area (Å²) in [4.78, 5) is 0. The van der Waals surface area contributed by atoms with Gasteiger partial charge < -0.3 is 5.32 Å². The Bertz CT molecular complexity index is 125. The highest BCUT2D eigenvalue weighted by molar-refractivity contribution is 4.91. The van der Waals surface area contributed by atoms with Crippen molar-refractivity contribution in [3.8, 4) is 0 Å². The fourth-order valence-corrected chi connectivity index (χ4v) is 2.69. The molecule has 0 aliphatic heterocycles. The van der Waals surface area contributed by atoms with Crippen molar-refractivity contribution in [1.29, 1.82) is 0 Å². The quantitative estimate of drug-likeness (QED) is 0.682. The lowest BCUT2D eigenvalue weighted by atomic mass is 9.77. The number of hydrogen-bond donors (Lipinski definition) is 1. The van der Waals surface area contributed by atoms with Crippen molar-refractivity contribution in [3.63, 3.8) is 0 Å². The van der Waals surface area contributed by atoms with Crippen LogP contribution in [0.25, 0.3) is 0 Å². The van der Waals surface area contributed by atoms with Crippen LogP contribution in [0.1, 0.15) is 52.9 Å². The van der Waals surface area contributed by atoms with Crippen LogP contribution < -0.4 is 5.32 Å². The molecule has 1 aliphatic carbocycles. The van der Waals surface area contributed by atoms with Crippen molar-refractivity contribution in [3.05, 3.63) is 0 Å². The molecule has 1 saturated carbocycles. The highest BCUT2D eigenvalue weighted by atomic mass is 14.9. The van der Waals surface area contributed by atoms with Gasteiger partial charge in [0.25, 0.3) is 0 Å². The first-order chi connectivity index (χ1) is 5.75. The highest BCUT2D eigenvalue weighted by Gasteiger charge is 2.36. The van der Waals surface area contributed by atoms with E-state index in [2.05, 4.69) is 26.1 Å². The zero-order valence-corrected chi connectivity index (χ0v) is 8.82. The van der Waals surface area contributed by atoms with E-state index in [-0.39, 0.29) is 0 Å². The highest BCUT2D eigenvalue weighted by Crippen LogP contribution is 2.43. The van der Waals surface area contributed by atoms with E-state index in [1.807, 2.05) is 0 Å². The van der Waals surface area contributed by atoms with Crippen LogP contribution in [0.4, 0.5) is 0 Å². The molecule has 0 radical (unpaired) electrons. The summed E-state index contributed by atoms with van der Waals surface area (Å²) in [7, 11) is 0. The van der Waals surface area contributed by atoms with E-state index in [1.165, 1.54) is 32.1 Å². The summed E-state index contributed by atoms with van der Waals surface area (Å²) in [5.74, 6) is 0. The van der Waals surface area contributed by atoms with Crippen molar-refractivity contribution >= 4 is 0 Å². The monoisotopic (exact) mass is 169 g/mol. The van der Waals surface area contributed by atoms with Crippen LogP contribution in [0.2, 0.25) is 0 Å². The van der Waals surface area contributed by atoms with Gasteiger partial charge in [-0.1, -0.05) is 26.7 Å². The third kappa shape index (κ3) is 1.82. The van der Waals surface area contributed by atoms with Gasteiger partial charge >= 0.3 is 0 Å². The molecular formula is C11H23N. The molecule has 1 heteroatoms. The average Bonchev–Trinajstić information content (AvgIpc) is 2.54. The van der Waals surface area contributed by atoms with E-state index in [1.54, 1.807) is 0 Å². The molecule has 12 heavy (non-hydrogen) atoms. The van der Waals surface area contributed by atoms with Crippen molar-refractivity contribution in [2.75, 3.05) is 6.54 Å². The van der Waals surface area contributed by atoms with Crippen LogP contribution in [0.3, 0.4) is 0 Å². The number of nitrogens with one attached hydrogen (secondary N) is 1. The average molecular weight is 169 g/mol. The SMILES string of the molecule is CCNC(C)C1(CC)CCCC1. The van der Waals surface area contributed by atoms with E-state index in [0.717, 1.165) is 12.6 Å². The molecule has 1 atom stereocenters. The molecule has 1 unspecified atom stereocenters. The Morgan fingerprint density at radius 3 is 2.25 bits per heavy atom. The Morgan fingerprint density at radius 1 is 1.25 bits per heavy atom. The van der Waals surface area contributed by atoms with Crippen LogP contribution in [-0.2, 0) is 0 Å². The molecule has 1 aliphatic rings. The summed E-state index contributed by atoms with van der Waals surface area (Å²) in [5.41, 5.74) is 0.635. The smallest absolute Gasteiger partial charge is 0.00949 e. The summed E-state index contributed by atoms with van der Waals surface area (Å²) in [6, 6.07) is 0.718. The second kappa shape index (κ2) is 4.27. The minimum atomic E-state index is 0.635. The van der Waals surface area contributed by atoms with Crippen LogP contribution in [0, 0.1) is 5.41 Å². The lowest BCUT2D eigenvalue weighted by Crippen LogP contribution is -2.41. The minimum absolute atomic E-state index is 0.635. The molecule has 0 aromatic heterocycles. The fraction of sp³-hybridized carbons (Fsp3) is 1.00. The van der Waals surface area contributed by atoms with Crippen molar-refractivity contribution in [2.24, 2.45) is 5.41 Å². The third-order valence-electron chi connectivity index (χ3n) is 3.73. The van der Waals surface area contributed by atoms with Crippen molar-refractivity contribution in [1.82, 2.24) is 5.32 Å². The summed E-state index contributed by atoms with van der Waals surface area (Å²) in [5, 5.41) is 3.58. The van der Waals surface area contributed by atoms with Crippen molar-refractivity contribution in [2.45, 2.75) is 58.9 Å². The fourth-order valence-electron chi connectivity index (χ4n) is 2.69. The van der Waals surface area contributed by atoms with E-state index < -0.39 is 0 Å². The van der Waals surface area contributed by atoms with Crippen LogP contribution in [0.15, 0.2) is 0 Å². The summed E-state index contributed by atoms with van der Waals surface area (Å²) >= 11 is 0. The van der Waals surface area contributed by atoms with Crippen LogP contribution in [-0.4, -0.2) is 12.6 Å². The van der Waals surface area contributed by atoms with Crippen LogP contribution in [0.5, 0.6) is 0 Å². The first kappa shape index (κ1) is 10.0. The molecule has 0 saturated heterocycles. The molecule has 1 nitrogen and oxygen atoms in total. The number of rotatable bonds is 4. The maximum Gasteiger partial charge on any atom is 0.00949 e. The Morgan fingerprint density at radius 2 is 1.83 bits per heavy atom.